The molecule has 1 atom stereocenters. The number of amides is 2. The zero-order valence-corrected chi connectivity index (χ0v) is 9.70. The Balaban J connectivity index is 1.84. The molecule has 1 fully saturated rings. The fraction of sp³-hybridized carbons (Fsp3) is 0.375. The number of ether oxygens (including phenoxy) is 1. The number of cyclic esters (lactones) is 1. The SMILES string of the molecule is O=C1N[C@@H](C(=O)NCc2[nH]ncc2Br)CO1. The topological polar surface area (TPSA) is 96.1 Å². The first-order valence-corrected chi connectivity index (χ1v) is 5.35. The Labute approximate surface area is 99.1 Å². The first kappa shape index (κ1) is 10.9. The van der Waals surface area contributed by atoms with Crippen molar-refractivity contribution in [3.05, 3.63) is 16.4 Å². The highest BCUT2D eigenvalue weighted by atomic mass is 79.9. The number of aromatic nitrogens is 2. The number of halogens is 1. The van der Waals surface area contributed by atoms with Gasteiger partial charge in [0.05, 0.1) is 22.9 Å². The molecule has 2 rings (SSSR count). The molecule has 2 amide bonds. The van der Waals surface area contributed by atoms with Crippen molar-refractivity contribution < 1.29 is 14.3 Å². The van der Waals surface area contributed by atoms with Crippen molar-refractivity contribution in [3.8, 4) is 0 Å². The second-order valence-corrected chi connectivity index (χ2v) is 4.06. The van der Waals surface area contributed by atoms with Gasteiger partial charge in [-0.1, -0.05) is 0 Å². The highest BCUT2D eigenvalue weighted by Crippen LogP contribution is 2.11. The average molecular weight is 289 g/mol. The molecule has 1 aromatic heterocycles. The van der Waals surface area contributed by atoms with Gasteiger partial charge in [0.1, 0.15) is 12.6 Å². The molecule has 0 spiro atoms. The maximum absolute atomic E-state index is 11.5. The van der Waals surface area contributed by atoms with Gasteiger partial charge in [0.25, 0.3) is 0 Å². The summed E-state index contributed by atoms with van der Waals surface area (Å²) in [4.78, 5) is 22.2. The van der Waals surface area contributed by atoms with Gasteiger partial charge in [-0.3, -0.25) is 9.89 Å². The zero-order valence-electron chi connectivity index (χ0n) is 8.12. The lowest BCUT2D eigenvalue weighted by Gasteiger charge is -2.07. The number of carbonyl (C=O) groups is 2. The van der Waals surface area contributed by atoms with E-state index in [0.29, 0.717) is 6.54 Å². The minimum Gasteiger partial charge on any atom is -0.447 e. The molecule has 86 valence electrons. The second kappa shape index (κ2) is 4.52. The molecule has 3 N–H and O–H groups in total. The largest absolute Gasteiger partial charge is 0.447 e. The average Bonchev–Trinajstić information content (AvgIpc) is 2.84. The van der Waals surface area contributed by atoms with Crippen LogP contribution >= 0.6 is 15.9 Å². The van der Waals surface area contributed by atoms with E-state index in [1.54, 1.807) is 6.20 Å². The van der Waals surface area contributed by atoms with Crippen LogP contribution < -0.4 is 10.6 Å². The maximum Gasteiger partial charge on any atom is 0.407 e. The van der Waals surface area contributed by atoms with Crippen molar-refractivity contribution >= 4 is 27.9 Å². The molecule has 0 radical (unpaired) electrons. The molecule has 0 aromatic carbocycles. The number of carbonyl (C=O) groups excluding carboxylic acids is 2. The number of alkyl carbamates (subject to hydrolysis) is 1. The smallest absolute Gasteiger partial charge is 0.407 e. The summed E-state index contributed by atoms with van der Waals surface area (Å²) in [5, 5.41) is 11.6. The van der Waals surface area contributed by atoms with Gasteiger partial charge in [-0.25, -0.2) is 4.79 Å². The van der Waals surface area contributed by atoms with E-state index >= 15 is 0 Å². The van der Waals surface area contributed by atoms with E-state index in [0.717, 1.165) is 10.2 Å². The minimum absolute atomic E-state index is 0.0643. The number of nitrogens with zero attached hydrogens (tertiary/aromatic N) is 1. The summed E-state index contributed by atoms with van der Waals surface area (Å²) in [6.45, 7) is 0.376. The molecule has 2 heterocycles. The molecule has 1 aliphatic heterocycles. The summed E-state index contributed by atoms with van der Waals surface area (Å²) in [6, 6.07) is -0.616. The highest BCUT2D eigenvalue weighted by molar-refractivity contribution is 9.10. The number of hydrogen-bond donors (Lipinski definition) is 3. The number of H-pyrrole nitrogens is 1. The van der Waals surface area contributed by atoms with Crippen LogP contribution in [0.15, 0.2) is 10.7 Å². The Morgan fingerprint density at radius 2 is 2.56 bits per heavy atom. The summed E-state index contributed by atoms with van der Waals surface area (Å²) in [7, 11) is 0. The zero-order chi connectivity index (χ0) is 11.5. The van der Waals surface area contributed by atoms with E-state index in [-0.39, 0.29) is 12.5 Å². The summed E-state index contributed by atoms with van der Waals surface area (Å²) < 4.78 is 5.40. The summed E-state index contributed by atoms with van der Waals surface area (Å²) in [5.41, 5.74) is 0.763. The van der Waals surface area contributed by atoms with Crippen molar-refractivity contribution in [1.82, 2.24) is 20.8 Å². The summed E-state index contributed by atoms with van der Waals surface area (Å²) in [6.07, 6.45) is 1.03. The van der Waals surface area contributed by atoms with E-state index in [1.807, 2.05) is 0 Å². The molecule has 0 bridgehead atoms. The Morgan fingerprint density at radius 1 is 1.75 bits per heavy atom. The van der Waals surface area contributed by atoms with Gasteiger partial charge >= 0.3 is 6.09 Å². The predicted molar refractivity (Wildman–Crippen MR) is 56.4 cm³/mol. The van der Waals surface area contributed by atoms with Crippen LogP contribution in [0.2, 0.25) is 0 Å². The van der Waals surface area contributed by atoms with E-state index in [1.165, 1.54) is 0 Å². The lowest BCUT2D eigenvalue weighted by atomic mass is 10.3. The van der Waals surface area contributed by atoms with Crippen LogP contribution in [0.5, 0.6) is 0 Å². The number of rotatable bonds is 3. The normalized spacial score (nSPS) is 19.1. The van der Waals surface area contributed by atoms with Gasteiger partial charge in [-0.15, -0.1) is 0 Å². The summed E-state index contributed by atoms with van der Waals surface area (Å²) in [5.74, 6) is -0.285. The Kier molecular flexibility index (Phi) is 3.09. The van der Waals surface area contributed by atoms with Crippen molar-refractivity contribution in [2.75, 3.05) is 6.61 Å². The Bertz CT molecular complexity index is 419. The molecule has 0 aliphatic carbocycles. The number of nitrogens with one attached hydrogen (secondary N) is 3. The number of hydrogen-bond acceptors (Lipinski definition) is 4. The first-order valence-electron chi connectivity index (χ1n) is 4.55. The van der Waals surface area contributed by atoms with Crippen molar-refractivity contribution in [2.45, 2.75) is 12.6 Å². The molecular formula is C8H9BrN4O3. The van der Waals surface area contributed by atoms with Gasteiger partial charge in [-0.2, -0.15) is 5.10 Å². The van der Waals surface area contributed by atoms with E-state index in [4.69, 9.17) is 0 Å². The van der Waals surface area contributed by atoms with Crippen LogP contribution in [-0.4, -0.2) is 34.8 Å². The van der Waals surface area contributed by atoms with Crippen LogP contribution in [0.1, 0.15) is 5.69 Å². The van der Waals surface area contributed by atoms with E-state index in [2.05, 4.69) is 41.5 Å². The van der Waals surface area contributed by atoms with Gasteiger partial charge in [0.15, 0.2) is 0 Å². The van der Waals surface area contributed by atoms with Gasteiger partial charge in [0.2, 0.25) is 5.91 Å². The number of aromatic amines is 1. The molecule has 7 nitrogen and oxygen atoms in total. The molecule has 1 aliphatic rings. The van der Waals surface area contributed by atoms with Crippen molar-refractivity contribution in [2.24, 2.45) is 0 Å². The van der Waals surface area contributed by atoms with Gasteiger partial charge < -0.3 is 15.4 Å². The van der Waals surface area contributed by atoms with Crippen LogP contribution in [0, 0.1) is 0 Å². The molecule has 1 aromatic rings. The molecule has 8 heteroatoms. The van der Waals surface area contributed by atoms with Crippen molar-refractivity contribution in [1.29, 1.82) is 0 Å². The van der Waals surface area contributed by atoms with Crippen LogP contribution in [0.3, 0.4) is 0 Å². The van der Waals surface area contributed by atoms with Crippen LogP contribution in [-0.2, 0) is 16.1 Å². The fourth-order valence-corrected chi connectivity index (χ4v) is 1.58. The van der Waals surface area contributed by atoms with Gasteiger partial charge in [0, 0.05) is 0 Å². The highest BCUT2D eigenvalue weighted by Gasteiger charge is 2.28. The molecule has 0 saturated carbocycles. The second-order valence-electron chi connectivity index (χ2n) is 3.21. The molecule has 16 heavy (non-hydrogen) atoms. The lowest BCUT2D eigenvalue weighted by Crippen LogP contribution is -2.42. The molecule has 1 saturated heterocycles. The fourth-order valence-electron chi connectivity index (χ4n) is 1.25. The predicted octanol–water partition coefficient (Wildman–Crippen LogP) is -0.103. The Hall–Kier alpha value is -1.57. The van der Waals surface area contributed by atoms with Crippen molar-refractivity contribution in [3.63, 3.8) is 0 Å². The molecular weight excluding hydrogens is 280 g/mol. The van der Waals surface area contributed by atoms with Gasteiger partial charge in [-0.05, 0) is 15.9 Å². The third-order valence-electron chi connectivity index (χ3n) is 2.09. The third kappa shape index (κ3) is 2.32. The third-order valence-corrected chi connectivity index (χ3v) is 2.78. The standard InChI is InChI=1S/C8H9BrN4O3/c9-4-1-11-13-5(4)2-10-7(14)6-3-16-8(15)12-6/h1,6H,2-3H2,(H,10,14)(H,11,13)(H,12,15)/t6-/m1/s1. The minimum atomic E-state index is -0.616. The lowest BCUT2D eigenvalue weighted by molar-refractivity contribution is -0.123. The monoisotopic (exact) mass is 288 g/mol. The summed E-state index contributed by atoms with van der Waals surface area (Å²) >= 11 is 3.27. The quantitative estimate of drug-likeness (QED) is 0.723. The van der Waals surface area contributed by atoms with E-state index in [9.17, 15) is 9.59 Å². The van der Waals surface area contributed by atoms with Crippen LogP contribution in [0.4, 0.5) is 4.79 Å². The first-order chi connectivity index (χ1) is 7.66. The maximum atomic E-state index is 11.5. The van der Waals surface area contributed by atoms with Crippen LogP contribution in [0.25, 0.3) is 0 Å². The Morgan fingerprint density at radius 3 is 3.12 bits per heavy atom. The van der Waals surface area contributed by atoms with E-state index < -0.39 is 12.1 Å². The molecule has 0 unspecified atom stereocenters.